The average molecular weight is 351 g/mol. The molecule has 0 spiro atoms. The molecule has 24 heavy (non-hydrogen) atoms. The zero-order valence-electron chi connectivity index (χ0n) is 14.4. The Kier molecular flexibility index (Phi) is 6.49. The van der Waals surface area contributed by atoms with Gasteiger partial charge < -0.3 is 20.1 Å². The van der Waals surface area contributed by atoms with E-state index < -0.39 is 0 Å². The molecule has 2 aromatic rings. The molecular weight excluding hydrogens is 328 g/mol. The van der Waals surface area contributed by atoms with Crippen LogP contribution in [0.4, 0.5) is 17.3 Å². The van der Waals surface area contributed by atoms with E-state index in [1.165, 1.54) is 6.33 Å². The monoisotopic (exact) mass is 350 g/mol. The molecular formula is C17H23ClN4O2. The van der Waals surface area contributed by atoms with Crippen LogP contribution in [-0.2, 0) is 0 Å². The topological polar surface area (TPSA) is 68.3 Å². The lowest BCUT2D eigenvalue weighted by Gasteiger charge is -2.14. The quantitative estimate of drug-likeness (QED) is 0.737. The molecule has 0 radical (unpaired) electrons. The Morgan fingerprint density at radius 1 is 1.04 bits per heavy atom. The van der Waals surface area contributed by atoms with Gasteiger partial charge in [-0.25, -0.2) is 9.97 Å². The molecule has 0 atom stereocenters. The summed E-state index contributed by atoms with van der Waals surface area (Å²) in [4.78, 5) is 8.47. The van der Waals surface area contributed by atoms with Crippen molar-refractivity contribution in [1.82, 2.24) is 9.97 Å². The van der Waals surface area contributed by atoms with Gasteiger partial charge in [-0.05, 0) is 12.3 Å². The lowest BCUT2D eigenvalue weighted by atomic mass is 10.1. The lowest BCUT2D eigenvalue weighted by Crippen LogP contribution is -2.07. The molecule has 2 rings (SSSR count). The van der Waals surface area contributed by atoms with Gasteiger partial charge in [0.05, 0.1) is 24.9 Å². The average Bonchev–Trinajstić information content (AvgIpc) is 2.56. The highest BCUT2D eigenvalue weighted by Gasteiger charge is 2.11. The predicted molar refractivity (Wildman–Crippen MR) is 97.8 cm³/mol. The highest BCUT2D eigenvalue weighted by atomic mass is 35.5. The number of aromatic nitrogens is 2. The Hall–Kier alpha value is -2.21. The van der Waals surface area contributed by atoms with Crippen molar-refractivity contribution < 1.29 is 9.47 Å². The third kappa shape index (κ3) is 4.89. The molecule has 6 nitrogen and oxygen atoms in total. The molecule has 0 bridgehead atoms. The fraction of sp³-hybridized carbons (Fsp3) is 0.412. The maximum Gasteiger partial charge on any atom is 0.144 e. The molecule has 0 aliphatic carbocycles. The van der Waals surface area contributed by atoms with Gasteiger partial charge in [0.15, 0.2) is 0 Å². The number of ether oxygens (including phenoxy) is 2. The Labute approximate surface area is 147 Å². The Morgan fingerprint density at radius 3 is 2.42 bits per heavy atom. The number of rotatable bonds is 8. The second kappa shape index (κ2) is 8.59. The minimum atomic E-state index is 0.485. The first-order valence-electron chi connectivity index (χ1n) is 7.78. The van der Waals surface area contributed by atoms with Crippen LogP contribution in [0, 0.1) is 5.92 Å². The molecule has 0 unspecified atom stereocenters. The van der Waals surface area contributed by atoms with Crippen LogP contribution in [0.3, 0.4) is 0 Å². The summed E-state index contributed by atoms with van der Waals surface area (Å²) in [5, 5.41) is 6.99. The van der Waals surface area contributed by atoms with Crippen LogP contribution in [0.1, 0.15) is 20.3 Å². The van der Waals surface area contributed by atoms with Crippen LogP contribution < -0.4 is 20.1 Å². The molecule has 130 valence electrons. The van der Waals surface area contributed by atoms with Gasteiger partial charge in [0.2, 0.25) is 0 Å². The predicted octanol–water partition coefficient (Wildman–Crippen LogP) is 4.35. The number of benzene rings is 1. The molecule has 7 heteroatoms. The number of hydrogen-bond donors (Lipinski definition) is 2. The largest absolute Gasteiger partial charge is 0.495 e. The van der Waals surface area contributed by atoms with Crippen molar-refractivity contribution in [3.05, 3.63) is 29.5 Å². The fourth-order valence-corrected chi connectivity index (χ4v) is 2.34. The van der Waals surface area contributed by atoms with Crippen LogP contribution in [0.2, 0.25) is 5.02 Å². The van der Waals surface area contributed by atoms with Crippen molar-refractivity contribution in [2.45, 2.75) is 20.3 Å². The van der Waals surface area contributed by atoms with E-state index in [0.717, 1.165) is 18.8 Å². The van der Waals surface area contributed by atoms with Gasteiger partial charge in [-0.1, -0.05) is 25.4 Å². The fourth-order valence-electron chi connectivity index (χ4n) is 2.11. The number of nitrogens with one attached hydrogen (secondary N) is 2. The Bertz CT molecular complexity index is 680. The van der Waals surface area contributed by atoms with E-state index in [-0.39, 0.29) is 0 Å². The van der Waals surface area contributed by atoms with Gasteiger partial charge in [-0.3, -0.25) is 0 Å². The highest BCUT2D eigenvalue weighted by molar-refractivity contribution is 6.32. The van der Waals surface area contributed by atoms with E-state index in [1.54, 1.807) is 26.4 Å². The van der Waals surface area contributed by atoms with Crippen LogP contribution in [0.5, 0.6) is 11.5 Å². The van der Waals surface area contributed by atoms with Gasteiger partial charge in [0.25, 0.3) is 0 Å². The summed E-state index contributed by atoms with van der Waals surface area (Å²) >= 11 is 6.12. The van der Waals surface area contributed by atoms with Gasteiger partial charge in [0.1, 0.15) is 29.5 Å². The van der Waals surface area contributed by atoms with Gasteiger partial charge in [-0.15, -0.1) is 0 Å². The smallest absolute Gasteiger partial charge is 0.144 e. The molecule has 1 aromatic carbocycles. The summed E-state index contributed by atoms with van der Waals surface area (Å²) in [6, 6.07) is 5.32. The van der Waals surface area contributed by atoms with Gasteiger partial charge >= 0.3 is 0 Å². The Morgan fingerprint density at radius 2 is 1.75 bits per heavy atom. The minimum Gasteiger partial charge on any atom is -0.495 e. The second-order valence-corrected chi connectivity index (χ2v) is 6.12. The normalized spacial score (nSPS) is 10.6. The summed E-state index contributed by atoms with van der Waals surface area (Å²) in [5.41, 5.74) is 0.714. The number of nitrogens with zero attached hydrogens (tertiary/aromatic N) is 2. The van der Waals surface area contributed by atoms with Crippen molar-refractivity contribution >= 4 is 28.9 Å². The number of hydrogen-bond acceptors (Lipinski definition) is 6. The second-order valence-electron chi connectivity index (χ2n) is 5.71. The maximum absolute atomic E-state index is 6.12. The standard InChI is InChI=1S/C17H23ClN4O2/c1-11(2)5-6-19-16-9-17(21-10-20-16)22-13-8-14(23-3)12(18)7-15(13)24-4/h7-11H,5-6H2,1-4H3,(H2,19,20,21,22). The van der Waals surface area contributed by atoms with Gasteiger partial charge in [-0.2, -0.15) is 0 Å². The first kappa shape index (κ1) is 18.1. The first-order chi connectivity index (χ1) is 11.5. The first-order valence-corrected chi connectivity index (χ1v) is 8.15. The van der Waals surface area contributed by atoms with Gasteiger partial charge in [0, 0.05) is 24.7 Å². The van der Waals surface area contributed by atoms with Crippen LogP contribution in [0.25, 0.3) is 0 Å². The lowest BCUT2D eigenvalue weighted by molar-refractivity contribution is 0.405. The maximum atomic E-state index is 6.12. The zero-order chi connectivity index (χ0) is 17.5. The van der Waals surface area contributed by atoms with Crippen LogP contribution in [-0.4, -0.2) is 30.7 Å². The van der Waals surface area contributed by atoms with E-state index in [4.69, 9.17) is 21.1 Å². The molecule has 0 fully saturated rings. The number of anilines is 3. The van der Waals surface area contributed by atoms with Crippen molar-refractivity contribution in [3.8, 4) is 11.5 Å². The molecule has 0 saturated heterocycles. The molecule has 1 heterocycles. The van der Waals surface area contributed by atoms with E-state index in [0.29, 0.717) is 33.9 Å². The van der Waals surface area contributed by atoms with Crippen molar-refractivity contribution in [1.29, 1.82) is 0 Å². The van der Waals surface area contributed by atoms with E-state index >= 15 is 0 Å². The third-order valence-electron chi connectivity index (χ3n) is 3.43. The molecule has 0 aliphatic heterocycles. The van der Waals surface area contributed by atoms with Crippen molar-refractivity contribution in [2.75, 3.05) is 31.4 Å². The summed E-state index contributed by atoms with van der Waals surface area (Å²) in [5.74, 6) is 3.23. The molecule has 0 saturated carbocycles. The zero-order valence-corrected chi connectivity index (χ0v) is 15.1. The van der Waals surface area contributed by atoms with Crippen LogP contribution >= 0.6 is 11.6 Å². The summed E-state index contributed by atoms with van der Waals surface area (Å²) in [6.07, 6.45) is 2.59. The summed E-state index contributed by atoms with van der Waals surface area (Å²) in [7, 11) is 3.15. The molecule has 1 aromatic heterocycles. The highest BCUT2D eigenvalue weighted by Crippen LogP contribution is 2.37. The van der Waals surface area contributed by atoms with E-state index in [2.05, 4.69) is 34.4 Å². The van der Waals surface area contributed by atoms with Crippen molar-refractivity contribution in [3.63, 3.8) is 0 Å². The summed E-state index contributed by atoms with van der Waals surface area (Å²) < 4.78 is 10.6. The van der Waals surface area contributed by atoms with Crippen LogP contribution in [0.15, 0.2) is 24.5 Å². The Balaban J connectivity index is 2.16. The number of halogens is 1. The number of methoxy groups -OCH3 is 2. The SMILES string of the molecule is COc1cc(Nc2cc(NCCC(C)C)ncn2)c(OC)cc1Cl. The van der Waals surface area contributed by atoms with E-state index in [1.807, 2.05) is 6.07 Å². The minimum absolute atomic E-state index is 0.485. The molecule has 0 amide bonds. The summed E-state index contributed by atoms with van der Waals surface area (Å²) in [6.45, 7) is 5.25. The molecule has 0 aliphatic rings. The van der Waals surface area contributed by atoms with E-state index in [9.17, 15) is 0 Å². The third-order valence-corrected chi connectivity index (χ3v) is 3.73. The molecule has 2 N–H and O–H groups in total. The van der Waals surface area contributed by atoms with Crippen molar-refractivity contribution in [2.24, 2.45) is 5.92 Å².